The summed E-state index contributed by atoms with van der Waals surface area (Å²) in [5.41, 5.74) is 3.06. The van der Waals surface area contributed by atoms with E-state index in [-0.39, 0.29) is 5.91 Å². The molecule has 2 fully saturated rings. The number of hydrogen-bond donors (Lipinski definition) is 0. The van der Waals surface area contributed by atoms with Gasteiger partial charge in [-0.1, -0.05) is 19.8 Å². The Morgan fingerprint density at radius 2 is 1.93 bits per heavy atom. The van der Waals surface area contributed by atoms with E-state index in [0.717, 1.165) is 69.7 Å². The lowest BCUT2D eigenvalue weighted by Gasteiger charge is -2.40. The van der Waals surface area contributed by atoms with Crippen LogP contribution in [0.5, 0.6) is 0 Å². The molecule has 28 heavy (non-hydrogen) atoms. The molecule has 152 valence electrons. The maximum Gasteiger partial charge on any atom is 0.232 e. The minimum absolute atomic E-state index is 0.148. The summed E-state index contributed by atoms with van der Waals surface area (Å²) in [5, 5.41) is 0. The molecule has 0 bridgehead atoms. The molecule has 0 N–H and O–H groups in total. The number of hydrogen-bond acceptors (Lipinski definition) is 5. The number of rotatable bonds is 6. The minimum Gasteiger partial charge on any atom is -0.379 e. The number of anilines is 1. The molecule has 2 saturated heterocycles. The smallest absolute Gasteiger partial charge is 0.232 e. The van der Waals surface area contributed by atoms with E-state index in [1.165, 1.54) is 18.5 Å². The third-order valence-electron chi connectivity index (χ3n) is 6.19. The van der Waals surface area contributed by atoms with Gasteiger partial charge in [-0.3, -0.25) is 14.3 Å². The fourth-order valence-electron chi connectivity index (χ4n) is 4.48. The molecule has 0 atom stereocenters. The monoisotopic (exact) mass is 384 g/mol. The van der Waals surface area contributed by atoms with Gasteiger partial charge in [0, 0.05) is 44.3 Å². The van der Waals surface area contributed by atoms with Crippen LogP contribution in [0.4, 0.5) is 5.69 Å². The Labute approximate surface area is 167 Å². The van der Waals surface area contributed by atoms with Crippen molar-refractivity contribution in [3.05, 3.63) is 24.5 Å². The van der Waals surface area contributed by atoms with Crippen molar-refractivity contribution in [1.82, 2.24) is 14.5 Å². The van der Waals surface area contributed by atoms with E-state index >= 15 is 0 Å². The summed E-state index contributed by atoms with van der Waals surface area (Å²) in [6.07, 6.45) is 7.85. The lowest BCUT2D eigenvalue weighted by atomic mass is 10.0. The van der Waals surface area contributed by atoms with Crippen LogP contribution in [-0.4, -0.2) is 65.8 Å². The van der Waals surface area contributed by atoms with Gasteiger partial charge in [0.15, 0.2) is 0 Å². The quantitative estimate of drug-likeness (QED) is 0.713. The molecule has 6 nitrogen and oxygen atoms in total. The predicted molar refractivity (Wildman–Crippen MR) is 112 cm³/mol. The third-order valence-corrected chi connectivity index (χ3v) is 6.19. The van der Waals surface area contributed by atoms with Crippen molar-refractivity contribution in [2.75, 3.05) is 44.3 Å². The Kier molecular flexibility index (Phi) is 6.27. The zero-order chi connectivity index (χ0) is 19.3. The van der Waals surface area contributed by atoms with Gasteiger partial charge in [-0.25, -0.2) is 4.98 Å². The van der Waals surface area contributed by atoms with Gasteiger partial charge in [0.05, 0.1) is 24.2 Å². The van der Waals surface area contributed by atoms with E-state index in [9.17, 15) is 4.79 Å². The zero-order valence-electron chi connectivity index (χ0n) is 17.0. The van der Waals surface area contributed by atoms with Crippen LogP contribution in [-0.2, 0) is 4.74 Å². The summed E-state index contributed by atoms with van der Waals surface area (Å²) >= 11 is 0. The van der Waals surface area contributed by atoms with Gasteiger partial charge in [0.1, 0.15) is 6.33 Å². The van der Waals surface area contributed by atoms with Crippen molar-refractivity contribution in [3.8, 4) is 0 Å². The van der Waals surface area contributed by atoms with Crippen LogP contribution in [0.25, 0.3) is 11.0 Å². The van der Waals surface area contributed by atoms with Crippen LogP contribution in [0.15, 0.2) is 24.5 Å². The number of piperidine rings is 1. The topological polar surface area (TPSA) is 50.6 Å². The highest BCUT2D eigenvalue weighted by Gasteiger charge is 2.26. The number of imidazole rings is 1. The second-order valence-electron chi connectivity index (χ2n) is 8.00. The van der Waals surface area contributed by atoms with Crippen LogP contribution in [0.3, 0.4) is 0 Å². The molecule has 0 amide bonds. The molecule has 1 aromatic carbocycles. The first-order chi connectivity index (χ1) is 13.8. The van der Waals surface area contributed by atoms with Crippen molar-refractivity contribution < 1.29 is 9.53 Å². The number of carbonyl (C=O) groups is 1. The number of benzene rings is 1. The molecule has 0 radical (unpaired) electrons. The molecule has 0 spiro atoms. The van der Waals surface area contributed by atoms with Gasteiger partial charge in [-0.05, 0) is 37.5 Å². The van der Waals surface area contributed by atoms with Crippen LogP contribution in [0.1, 0.15) is 50.2 Å². The molecule has 4 rings (SSSR count). The molecule has 2 aliphatic rings. The number of ether oxygens (including phenoxy) is 1. The Bertz CT molecular complexity index is 789. The van der Waals surface area contributed by atoms with Gasteiger partial charge in [0.2, 0.25) is 5.91 Å². The Balaban J connectivity index is 1.39. The van der Waals surface area contributed by atoms with Gasteiger partial charge >= 0.3 is 0 Å². The first kappa shape index (κ1) is 19.4. The summed E-state index contributed by atoms with van der Waals surface area (Å²) < 4.78 is 7.20. The average molecular weight is 385 g/mol. The predicted octanol–water partition coefficient (Wildman–Crippen LogP) is 3.56. The number of morpholine rings is 1. The fraction of sp³-hybridized carbons (Fsp3) is 0.636. The van der Waals surface area contributed by atoms with Gasteiger partial charge < -0.3 is 9.64 Å². The Morgan fingerprint density at radius 1 is 1.14 bits per heavy atom. The highest BCUT2D eigenvalue weighted by atomic mass is 16.5. The maximum atomic E-state index is 12.5. The molecule has 0 aliphatic carbocycles. The standard InChI is InChI=1S/C22H32N4O2/c1-2-3-4-5-22(27)26-17-23-20-16-19(6-7-21(20)26)24-10-8-18(9-11-24)25-12-14-28-15-13-25/h6-7,16-18H,2-5,8-15H2,1H3. The summed E-state index contributed by atoms with van der Waals surface area (Å²) in [6, 6.07) is 7.03. The molecule has 0 unspecified atom stereocenters. The Morgan fingerprint density at radius 3 is 2.68 bits per heavy atom. The van der Waals surface area contributed by atoms with E-state index in [1.807, 2.05) is 0 Å². The number of unbranched alkanes of at least 4 members (excludes halogenated alkanes) is 2. The maximum absolute atomic E-state index is 12.5. The van der Waals surface area contributed by atoms with Crippen molar-refractivity contribution in [1.29, 1.82) is 0 Å². The van der Waals surface area contributed by atoms with Crippen molar-refractivity contribution in [2.24, 2.45) is 0 Å². The summed E-state index contributed by atoms with van der Waals surface area (Å²) in [6.45, 7) is 8.19. The summed E-state index contributed by atoms with van der Waals surface area (Å²) in [4.78, 5) is 22.0. The van der Waals surface area contributed by atoms with E-state index in [4.69, 9.17) is 4.74 Å². The second-order valence-corrected chi connectivity index (χ2v) is 8.00. The largest absolute Gasteiger partial charge is 0.379 e. The SMILES string of the molecule is CCCCCC(=O)n1cnc2cc(N3CCC(N4CCOCC4)CC3)ccc21. The average Bonchev–Trinajstić information content (AvgIpc) is 3.18. The van der Waals surface area contributed by atoms with E-state index < -0.39 is 0 Å². The van der Waals surface area contributed by atoms with Gasteiger partial charge in [-0.2, -0.15) is 0 Å². The zero-order valence-corrected chi connectivity index (χ0v) is 17.0. The molecule has 2 aromatic rings. The van der Waals surface area contributed by atoms with Crippen molar-refractivity contribution in [3.63, 3.8) is 0 Å². The highest BCUT2D eigenvalue weighted by Crippen LogP contribution is 2.26. The van der Waals surface area contributed by atoms with Crippen LogP contribution in [0.2, 0.25) is 0 Å². The summed E-state index contributed by atoms with van der Waals surface area (Å²) in [5.74, 6) is 0.148. The van der Waals surface area contributed by atoms with E-state index in [0.29, 0.717) is 12.5 Å². The lowest BCUT2D eigenvalue weighted by Crippen LogP contribution is -2.49. The fourth-order valence-corrected chi connectivity index (χ4v) is 4.48. The van der Waals surface area contributed by atoms with Crippen LogP contribution >= 0.6 is 0 Å². The van der Waals surface area contributed by atoms with E-state index in [2.05, 4.69) is 39.9 Å². The third kappa shape index (κ3) is 4.23. The minimum atomic E-state index is 0.148. The molecule has 3 heterocycles. The molecule has 0 saturated carbocycles. The number of fused-ring (bicyclic) bond motifs is 1. The second kappa shape index (κ2) is 9.05. The summed E-state index contributed by atoms with van der Waals surface area (Å²) in [7, 11) is 0. The molecule has 6 heteroatoms. The van der Waals surface area contributed by atoms with Crippen molar-refractivity contribution in [2.45, 2.75) is 51.5 Å². The molecule has 2 aliphatic heterocycles. The number of carbonyl (C=O) groups excluding carboxylic acids is 1. The highest BCUT2D eigenvalue weighted by molar-refractivity contribution is 5.91. The van der Waals surface area contributed by atoms with E-state index in [1.54, 1.807) is 10.9 Å². The first-order valence-corrected chi connectivity index (χ1v) is 10.8. The molecular formula is C22H32N4O2. The normalized spacial score (nSPS) is 19.4. The first-order valence-electron chi connectivity index (χ1n) is 10.8. The molecular weight excluding hydrogens is 352 g/mol. The number of aromatic nitrogens is 2. The number of nitrogens with zero attached hydrogens (tertiary/aromatic N) is 4. The van der Waals surface area contributed by atoms with Crippen LogP contribution < -0.4 is 4.90 Å². The lowest BCUT2D eigenvalue weighted by molar-refractivity contribution is 0.0115. The Hall–Kier alpha value is -1.92. The van der Waals surface area contributed by atoms with Gasteiger partial charge in [-0.15, -0.1) is 0 Å². The molecule has 1 aromatic heterocycles. The van der Waals surface area contributed by atoms with Crippen molar-refractivity contribution >= 4 is 22.6 Å². The van der Waals surface area contributed by atoms with Crippen LogP contribution in [0, 0.1) is 0 Å². The van der Waals surface area contributed by atoms with Gasteiger partial charge in [0.25, 0.3) is 0 Å².